The van der Waals surface area contributed by atoms with Crippen LogP contribution in [0.1, 0.15) is 41.8 Å². The summed E-state index contributed by atoms with van der Waals surface area (Å²) < 4.78 is 18.6. The van der Waals surface area contributed by atoms with E-state index in [1.54, 1.807) is 6.07 Å². The van der Waals surface area contributed by atoms with Gasteiger partial charge < -0.3 is 20.8 Å². The number of fused-ring (bicyclic) bond motifs is 1. The third-order valence-corrected chi connectivity index (χ3v) is 4.55. The highest BCUT2D eigenvalue weighted by Crippen LogP contribution is 2.21. The number of nitrogen functional groups attached to an aromatic ring is 1. The fourth-order valence-electron chi connectivity index (χ4n) is 3.01. The molecule has 0 fully saturated rings. The Morgan fingerprint density at radius 2 is 1.90 bits per heavy atom. The predicted molar refractivity (Wildman–Crippen MR) is 111 cm³/mol. The summed E-state index contributed by atoms with van der Waals surface area (Å²) in [5.74, 6) is -0.574. The molecule has 0 aliphatic heterocycles. The van der Waals surface area contributed by atoms with E-state index in [1.165, 1.54) is 18.2 Å². The third kappa shape index (κ3) is 5.57. The van der Waals surface area contributed by atoms with Crippen molar-refractivity contribution in [3.05, 3.63) is 59.6 Å². The van der Waals surface area contributed by atoms with Crippen molar-refractivity contribution in [3.63, 3.8) is 0 Å². The number of hydrogen-bond acceptors (Lipinski definition) is 4. The zero-order valence-electron chi connectivity index (χ0n) is 16.3. The molecule has 1 heterocycles. The number of rotatable bonds is 8. The average Bonchev–Trinajstić information content (AvgIpc) is 3.10. The van der Waals surface area contributed by atoms with E-state index in [0.717, 1.165) is 23.8 Å². The fraction of sp³-hybridized carbons (Fsp3) is 0.273. The second kappa shape index (κ2) is 9.23. The number of hydrogen-bond donors (Lipinski definition) is 3. The number of carbonyl (C=O) groups is 2. The molecule has 3 aromatic rings. The van der Waals surface area contributed by atoms with Crippen LogP contribution in [0.15, 0.2) is 46.9 Å². The van der Waals surface area contributed by atoms with Gasteiger partial charge in [0.05, 0.1) is 11.4 Å². The van der Waals surface area contributed by atoms with Gasteiger partial charge in [0.1, 0.15) is 11.4 Å². The molecular weight excluding hydrogens is 373 g/mol. The Morgan fingerprint density at radius 1 is 1.07 bits per heavy atom. The monoisotopic (exact) mass is 397 g/mol. The molecule has 2 aromatic carbocycles. The van der Waals surface area contributed by atoms with Gasteiger partial charge in [0, 0.05) is 18.4 Å². The molecule has 0 aliphatic rings. The summed E-state index contributed by atoms with van der Waals surface area (Å²) in [6, 6.07) is 11.4. The van der Waals surface area contributed by atoms with E-state index in [0.29, 0.717) is 36.4 Å². The number of nitrogens with one attached hydrogen (secondary N) is 2. The number of anilines is 2. The number of amides is 2. The second-order valence-electron chi connectivity index (χ2n) is 7.00. The molecule has 0 unspecified atom stereocenters. The topological polar surface area (TPSA) is 97.4 Å². The number of benzene rings is 2. The lowest BCUT2D eigenvalue weighted by Crippen LogP contribution is -2.23. The summed E-state index contributed by atoms with van der Waals surface area (Å²) in [7, 11) is 0. The van der Waals surface area contributed by atoms with E-state index >= 15 is 0 Å². The van der Waals surface area contributed by atoms with Crippen LogP contribution < -0.4 is 16.4 Å². The van der Waals surface area contributed by atoms with Crippen LogP contribution in [0.5, 0.6) is 0 Å². The van der Waals surface area contributed by atoms with Gasteiger partial charge in [0.2, 0.25) is 5.91 Å². The number of halogens is 1. The molecule has 0 bridgehead atoms. The number of carbonyl (C=O) groups excluding carboxylic acids is 2. The van der Waals surface area contributed by atoms with Gasteiger partial charge in [-0.1, -0.05) is 18.1 Å². The lowest BCUT2D eigenvalue weighted by atomic mass is 10.1. The van der Waals surface area contributed by atoms with Crippen molar-refractivity contribution in [1.82, 2.24) is 5.32 Å². The standard InChI is InChI=1S/C22H24FN3O3/c1-14-6-9-19-15(11-14)12-20(29-19)22(28)25-10-4-2-3-5-21(27)26-18-8-7-16(23)13-17(18)24/h6-9,11-13H,2-5,10,24H2,1H3,(H,25,28)(H,26,27). The largest absolute Gasteiger partial charge is 0.451 e. The maximum atomic E-state index is 13.0. The van der Waals surface area contributed by atoms with Gasteiger partial charge >= 0.3 is 0 Å². The van der Waals surface area contributed by atoms with Crippen molar-refractivity contribution < 1.29 is 18.4 Å². The van der Waals surface area contributed by atoms with Gasteiger partial charge in [-0.05, 0) is 56.2 Å². The molecule has 0 atom stereocenters. The first-order valence-corrected chi connectivity index (χ1v) is 9.55. The minimum Gasteiger partial charge on any atom is -0.451 e. The van der Waals surface area contributed by atoms with E-state index in [4.69, 9.17) is 10.2 Å². The highest BCUT2D eigenvalue weighted by molar-refractivity contribution is 5.96. The molecule has 7 heteroatoms. The summed E-state index contributed by atoms with van der Waals surface area (Å²) in [4.78, 5) is 24.1. The van der Waals surface area contributed by atoms with Crippen LogP contribution in [0, 0.1) is 12.7 Å². The zero-order chi connectivity index (χ0) is 20.8. The molecule has 4 N–H and O–H groups in total. The van der Waals surface area contributed by atoms with Crippen molar-refractivity contribution in [2.75, 3.05) is 17.6 Å². The van der Waals surface area contributed by atoms with Gasteiger partial charge in [0.15, 0.2) is 5.76 Å². The summed E-state index contributed by atoms with van der Waals surface area (Å²) in [5.41, 5.74) is 8.07. The maximum Gasteiger partial charge on any atom is 0.287 e. The first-order valence-electron chi connectivity index (χ1n) is 9.55. The van der Waals surface area contributed by atoms with Crippen LogP contribution in [0.4, 0.5) is 15.8 Å². The van der Waals surface area contributed by atoms with Crippen LogP contribution >= 0.6 is 0 Å². The third-order valence-electron chi connectivity index (χ3n) is 4.55. The van der Waals surface area contributed by atoms with E-state index < -0.39 is 5.82 Å². The fourth-order valence-corrected chi connectivity index (χ4v) is 3.01. The van der Waals surface area contributed by atoms with Crippen molar-refractivity contribution in [3.8, 4) is 0 Å². The predicted octanol–water partition coefficient (Wildman–Crippen LogP) is 4.39. The second-order valence-corrected chi connectivity index (χ2v) is 7.00. The quantitative estimate of drug-likeness (QED) is 0.388. The van der Waals surface area contributed by atoms with Crippen LogP contribution in [0.2, 0.25) is 0 Å². The van der Waals surface area contributed by atoms with Gasteiger partial charge in [-0.3, -0.25) is 9.59 Å². The molecule has 3 rings (SSSR count). The van der Waals surface area contributed by atoms with Crippen LogP contribution in [-0.2, 0) is 4.79 Å². The van der Waals surface area contributed by atoms with Crippen molar-refractivity contribution >= 4 is 34.2 Å². The lowest BCUT2D eigenvalue weighted by Gasteiger charge is -2.08. The minimum atomic E-state index is -0.444. The summed E-state index contributed by atoms with van der Waals surface area (Å²) in [5, 5.41) is 6.41. The SMILES string of the molecule is Cc1ccc2oc(C(=O)NCCCCCC(=O)Nc3ccc(F)cc3N)cc2c1. The molecule has 0 radical (unpaired) electrons. The highest BCUT2D eigenvalue weighted by Gasteiger charge is 2.12. The molecule has 0 saturated heterocycles. The number of nitrogens with two attached hydrogens (primary N) is 1. The Balaban J connectivity index is 1.35. The highest BCUT2D eigenvalue weighted by atomic mass is 19.1. The van der Waals surface area contributed by atoms with Gasteiger partial charge in [-0.25, -0.2) is 4.39 Å². The summed E-state index contributed by atoms with van der Waals surface area (Å²) >= 11 is 0. The molecule has 29 heavy (non-hydrogen) atoms. The smallest absolute Gasteiger partial charge is 0.287 e. The van der Waals surface area contributed by atoms with Crippen molar-refractivity contribution in [2.45, 2.75) is 32.6 Å². The van der Waals surface area contributed by atoms with Crippen LogP contribution in [0.25, 0.3) is 11.0 Å². The number of unbranched alkanes of at least 4 members (excludes halogenated alkanes) is 2. The van der Waals surface area contributed by atoms with Crippen molar-refractivity contribution in [1.29, 1.82) is 0 Å². The van der Waals surface area contributed by atoms with Crippen LogP contribution in [0.3, 0.4) is 0 Å². The maximum absolute atomic E-state index is 13.0. The van der Waals surface area contributed by atoms with Crippen molar-refractivity contribution in [2.24, 2.45) is 0 Å². The summed E-state index contributed by atoms with van der Waals surface area (Å²) in [6.07, 6.45) is 2.53. The molecule has 152 valence electrons. The summed E-state index contributed by atoms with van der Waals surface area (Å²) in [6.45, 7) is 2.49. The Labute approximate surface area is 168 Å². The molecule has 6 nitrogen and oxygen atoms in total. The Kier molecular flexibility index (Phi) is 6.49. The van der Waals surface area contributed by atoms with Gasteiger partial charge in [-0.15, -0.1) is 0 Å². The normalized spacial score (nSPS) is 10.8. The van der Waals surface area contributed by atoms with Crippen LogP contribution in [-0.4, -0.2) is 18.4 Å². The molecule has 2 amide bonds. The Bertz CT molecular complexity index is 1030. The van der Waals surface area contributed by atoms with Gasteiger partial charge in [0.25, 0.3) is 5.91 Å². The number of furan rings is 1. The lowest BCUT2D eigenvalue weighted by molar-refractivity contribution is -0.116. The van der Waals surface area contributed by atoms with E-state index in [9.17, 15) is 14.0 Å². The first kappa shape index (κ1) is 20.4. The molecule has 0 saturated carbocycles. The Hall–Kier alpha value is -3.35. The average molecular weight is 397 g/mol. The Morgan fingerprint density at radius 3 is 2.69 bits per heavy atom. The number of aryl methyl sites for hydroxylation is 1. The zero-order valence-corrected chi connectivity index (χ0v) is 16.3. The molecular formula is C22H24FN3O3. The van der Waals surface area contributed by atoms with E-state index in [2.05, 4.69) is 10.6 Å². The molecule has 1 aromatic heterocycles. The first-order chi connectivity index (χ1) is 13.9. The van der Waals surface area contributed by atoms with E-state index in [-0.39, 0.29) is 17.5 Å². The minimum absolute atomic E-state index is 0.176. The van der Waals surface area contributed by atoms with E-state index in [1.807, 2.05) is 25.1 Å². The molecule has 0 aliphatic carbocycles. The van der Waals surface area contributed by atoms with Gasteiger partial charge in [-0.2, -0.15) is 0 Å². The molecule has 0 spiro atoms.